The van der Waals surface area contributed by atoms with Crippen LogP contribution in [0.5, 0.6) is 5.75 Å². The smallest absolute Gasteiger partial charge is 0.255 e. The summed E-state index contributed by atoms with van der Waals surface area (Å²) in [5.41, 5.74) is 3.49. The van der Waals surface area contributed by atoms with E-state index in [2.05, 4.69) is 26.3 Å². The average molecular weight is 784 g/mol. The predicted octanol–water partition coefficient (Wildman–Crippen LogP) is 1.78. The van der Waals surface area contributed by atoms with Gasteiger partial charge in [-0.05, 0) is 51.5 Å². The van der Waals surface area contributed by atoms with E-state index < -0.39 is 11.9 Å². The molecule has 4 heterocycles. The number of rotatable bonds is 16. The molecule has 3 aliphatic rings. The molecular formula is C40H49N9O8. The molecule has 0 bridgehead atoms. The lowest BCUT2D eigenvalue weighted by Crippen LogP contribution is -2.53. The SMILES string of the molecule is COc1cc(C(=O)NCCOCCNCCC(=O)Nc2cccc3c2CN(C2CCC(=O)NC2=O)C3=O)ccc1Cc1ncc2c(n1)N(C(C)C)[C@H](C)C(=O)N2C. The first kappa shape index (κ1) is 40.7. The van der Waals surface area contributed by atoms with E-state index in [-0.39, 0.29) is 67.4 Å². The number of piperidine rings is 1. The van der Waals surface area contributed by atoms with E-state index in [4.69, 9.17) is 14.5 Å². The fourth-order valence-corrected chi connectivity index (χ4v) is 7.34. The molecule has 1 fully saturated rings. The van der Waals surface area contributed by atoms with Crippen LogP contribution in [0.2, 0.25) is 0 Å². The number of carbonyl (C=O) groups excluding carboxylic acids is 6. The lowest BCUT2D eigenvalue weighted by Gasteiger charge is -2.41. The summed E-state index contributed by atoms with van der Waals surface area (Å²) in [6, 6.07) is 9.28. The number of carbonyl (C=O) groups is 6. The summed E-state index contributed by atoms with van der Waals surface area (Å²) in [7, 11) is 3.28. The molecule has 6 rings (SSSR count). The van der Waals surface area contributed by atoms with Crippen LogP contribution >= 0.6 is 0 Å². The molecule has 6 amide bonds. The number of ether oxygens (including phenoxy) is 2. The number of nitrogens with one attached hydrogen (secondary N) is 4. The first-order valence-corrected chi connectivity index (χ1v) is 19.1. The van der Waals surface area contributed by atoms with Crippen molar-refractivity contribution in [3.05, 3.63) is 70.7 Å². The Morgan fingerprint density at radius 3 is 2.60 bits per heavy atom. The molecule has 2 atom stereocenters. The number of benzene rings is 2. The fraction of sp³-hybridized carbons (Fsp3) is 0.450. The summed E-state index contributed by atoms with van der Waals surface area (Å²) < 4.78 is 11.3. The number of methoxy groups -OCH3 is 1. The van der Waals surface area contributed by atoms with Crippen LogP contribution in [-0.4, -0.2) is 115 Å². The molecule has 3 aliphatic heterocycles. The van der Waals surface area contributed by atoms with Crippen molar-refractivity contribution in [3.63, 3.8) is 0 Å². The monoisotopic (exact) mass is 783 g/mol. The number of imide groups is 1. The van der Waals surface area contributed by atoms with Gasteiger partial charge in [-0.25, -0.2) is 9.97 Å². The van der Waals surface area contributed by atoms with Crippen LogP contribution in [0.15, 0.2) is 42.6 Å². The van der Waals surface area contributed by atoms with E-state index in [9.17, 15) is 28.8 Å². The van der Waals surface area contributed by atoms with Crippen molar-refractivity contribution in [2.45, 2.75) is 71.1 Å². The highest BCUT2D eigenvalue weighted by molar-refractivity contribution is 6.07. The Labute approximate surface area is 330 Å². The van der Waals surface area contributed by atoms with Gasteiger partial charge >= 0.3 is 0 Å². The second kappa shape index (κ2) is 17.9. The van der Waals surface area contributed by atoms with Crippen LogP contribution in [0.25, 0.3) is 0 Å². The zero-order chi connectivity index (χ0) is 40.8. The lowest BCUT2D eigenvalue weighted by molar-refractivity contribution is -0.137. The van der Waals surface area contributed by atoms with Crippen molar-refractivity contribution < 1.29 is 38.2 Å². The van der Waals surface area contributed by atoms with Crippen LogP contribution in [0.1, 0.15) is 77.7 Å². The van der Waals surface area contributed by atoms with E-state index >= 15 is 0 Å². The largest absolute Gasteiger partial charge is 0.496 e. The molecule has 17 heteroatoms. The van der Waals surface area contributed by atoms with Gasteiger partial charge in [0.25, 0.3) is 11.8 Å². The zero-order valence-electron chi connectivity index (χ0n) is 32.8. The molecule has 1 unspecified atom stereocenters. The highest BCUT2D eigenvalue weighted by Gasteiger charge is 2.40. The normalized spacial score (nSPS) is 17.8. The van der Waals surface area contributed by atoms with Gasteiger partial charge in [0.05, 0.1) is 26.5 Å². The fourth-order valence-electron chi connectivity index (χ4n) is 7.34. The Hall–Kier alpha value is -5.94. The third-order valence-electron chi connectivity index (χ3n) is 10.3. The van der Waals surface area contributed by atoms with Gasteiger partial charge in [0, 0.05) is 86.5 Å². The van der Waals surface area contributed by atoms with Crippen molar-refractivity contribution in [1.29, 1.82) is 0 Å². The Morgan fingerprint density at radius 2 is 1.84 bits per heavy atom. The van der Waals surface area contributed by atoms with Crippen LogP contribution in [0.4, 0.5) is 17.2 Å². The maximum absolute atomic E-state index is 13.0. The molecule has 1 aromatic heterocycles. The summed E-state index contributed by atoms with van der Waals surface area (Å²) in [6.45, 7) is 7.93. The highest BCUT2D eigenvalue weighted by atomic mass is 16.5. The van der Waals surface area contributed by atoms with Crippen LogP contribution < -0.4 is 35.8 Å². The molecule has 4 N–H and O–H groups in total. The maximum atomic E-state index is 13.0. The molecule has 302 valence electrons. The molecule has 0 spiro atoms. The van der Waals surface area contributed by atoms with Gasteiger partial charge in [0.2, 0.25) is 23.6 Å². The minimum absolute atomic E-state index is 0.0135. The Morgan fingerprint density at radius 1 is 1.05 bits per heavy atom. The van der Waals surface area contributed by atoms with Crippen LogP contribution in [0, 0.1) is 0 Å². The van der Waals surface area contributed by atoms with Gasteiger partial charge in [-0.15, -0.1) is 0 Å². The standard InChI is InChI=1S/C40H49N9O8/c1-23(2)49-24(3)39(54)47(4)31-21-43-33(45-36(31)49)20-25-9-10-26(19-32(25)56-5)37(52)42-16-18-57-17-15-41-14-13-35(51)44-29-8-6-7-27-28(29)22-48(40(27)55)30-11-12-34(50)46-38(30)53/h6-10,19,21,23-24,30,41H,11-18,20,22H2,1-5H3,(H,42,52)(H,44,51)(H,46,50,53)/t24-,30?/m1/s1. The van der Waals surface area contributed by atoms with Crippen molar-refractivity contribution in [3.8, 4) is 5.75 Å². The van der Waals surface area contributed by atoms with Crippen molar-refractivity contribution in [1.82, 2.24) is 30.8 Å². The van der Waals surface area contributed by atoms with Crippen molar-refractivity contribution in [2.75, 3.05) is 62.1 Å². The second-order valence-corrected chi connectivity index (χ2v) is 14.4. The van der Waals surface area contributed by atoms with E-state index in [1.54, 1.807) is 55.6 Å². The topological polar surface area (TPSA) is 204 Å². The molecule has 2 aromatic carbocycles. The Kier molecular flexibility index (Phi) is 12.8. The lowest BCUT2D eigenvalue weighted by atomic mass is 10.0. The quantitative estimate of drug-likeness (QED) is 0.121. The van der Waals surface area contributed by atoms with E-state index in [0.29, 0.717) is 84.7 Å². The zero-order valence-corrected chi connectivity index (χ0v) is 32.8. The third kappa shape index (κ3) is 9.05. The molecule has 0 radical (unpaired) electrons. The molecule has 0 saturated carbocycles. The van der Waals surface area contributed by atoms with Crippen molar-refractivity contribution >= 4 is 52.6 Å². The summed E-state index contributed by atoms with van der Waals surface area (Å²) in [4.78, 5) is 89.8. The number of hydrogen-bond acceptors (Lipinski definition) is 12. The number of anilines is 3. The molecule has 3 aromatic rings. The molecule has 57 heavy (non-hydrogen) atoms. The summed E-state index contributed by atoms with van der Waals surface area (Å²) in [5, 5.41) is 11.2. The number of likely N-dealkylation sites (N-methyl/N-ethyl adjacent to an activating group) is 1. The maximum Gasteiger partial charge on any atom is 0.255 e. The van der Waals surface area contributed by atoms with Gasteiger partial charge in [-0.1, -0.05) is 12.1 Å². The second-order valence-electron chi connectivity index (χ2n) is 14.4. The van der Waals surface area contributed by atoms with Gasteiger partial charge < -0.3 is 40.1 Å². The molecule has 0 aliphatic carbocycles. The molecular weight excluding hydrogens is 734 g/mol. The number of nitrogens with zero attached hydrogens (tertiary/aromatic N) is 5. The number of hydrogen-bond donors (Lipinski definition) is 4. The minimum atomic E-state index is -0.732. The van der Waals surface area contributed by atoms with Crippen molar-refractivity contribution in [2.24, 2.45) is 0 Å². The van der Waals surface area contributed by atoms with Crippen LogP contribution in [-0.2, 0) is 36.9 Å². The highest BCUT2D eigenvalue weighted by Crippen LogP contribution is 2.35. The summed E-state index contributed by atoms with van der Waals surface area (Å²) in [6.07, 6.45) is 2.65. The average Bonchev–Trinajstić information content (AvgIpc) is 3.52. The van der Waals surface area contributed by atoms with Crippen LogP contribution in [0.3, 0.4) is 0 Å². The first-order valence-electron chi connectivity index (χ1n) is 19.1. The van der Waals surface area contributed by atoms with Gasteiger partial charge in [0.15, 0.2) is 5.82 Å². The van der Waals surface area contributed by atoms with Gasteiger partial charge in [-0.3, -0.25) is 34.1 Å². The molecule has 17 nitrogen and oxygen atoms in total. The van der Waals surface area contributed by atoms with Gasteiger partial charge in [-0.2, -0.15) is 0 Å². The van der Waals surface area contributed by atoms with Gasteiger partial charge in [0.1, 0.15) is 29.3 Å². The number of aromatic nitrogens is 2. The minimum Gasteiger partial charge on any atom is -0.496 e. The molecule has 1 saturated heterocycles. The number of amides is 6. The Bertz CT molecular complexity index is 2060. The number of fused-ring (bicyclic) bond motifs is 2. The van der Waals surface area contributed by atoms with E-state index in [1.165, 1.54) is 4.90 Å². The van der Waals surface area contributed by atoms with E-state index in [0.717, 1.165) is 5.56 Å². The predicted molar refractivity (Wildman–Crippen MR) is 210 cm³/mol. The first-order chi connectivity index (χ1) is 27.4. The summed E-state index contributed by atoms with van der Waals surface area (Å²) in [5.74, 6) is 0.136. The van der Waals surface area contributed by atoms with E-state index in [1.807, 2.05) is 31.7 Å². The third-order valence-corrected chi connectivity index (χ3v) is 10.3. The summed E-state index contributed by atoms with van der Waals surface area (Å²) >= 11 is 0. The Balaban J connectivity index is 0.892.